The van der Waals surface area contributed by atoms with E-state index in [4.69, 9.17) is 5.11 Å². The molecule has 0 bridgehead atoms. The van der Waals surface area contributed by atoms with Crippen LogP contribution in [0.2, 0.25) is 0 Å². The number of aliphatic hydroxyl groups excluding tert-OH is 1. The quantitative estimate of drug-likeness (QED) is 0.747. The molecule has 16 heavy (non-hydrogen) atoms. The predicted molar refractivity (Wildman–Crippen MR) is 63.7 cm³/mol. The average molecular weight is 242 g/mol. The van der Waals surface area contributed by atoms with Crippen LogP contribution < -0.4 is 5.32 Å². The maximum Gasteiger partial charge on any atom is 0.191 e. The molecule has 0 spiro atoms. The van der Waals surface area contributed by atoms with E-state index in [0.29, 0.717) is 11.7 Å². The number of rotatable bonds is 4. The van der Waals surface area contributed by atoms with E-state index in [9.17, 15) is 0 Å². The Bertz CT molecular complexity index is 336. The predicted octanol–water partition coefficient (Wildman–Crippen LogP) is 0.366. The van der Waals surface area contributed by atoms with E-state index in [0.717, 1.165) is 24.1 Å². The van der Waals surface area contributed by atoms with Crippen LogP contribution in [0.5, 0.6) is 0 Å². The van der Waals surface area contributed by atoms with E-state index < -0.39 is 0 Å². The molecule has 1 aliphatic heterocycles. The molecule has 5 nitrogen and oxygen atoms in total. The third-order valence-electron chi connectivity index (χ3n) is 2.85. The molecular weight excluding hydrogens is 224 g/mol. The Morgan fingerprint density at radius 2 is 2.44 bits per heavy atom. The van der Waals surface area contributed by atoms with E-state index >= 15 is 0 Å². The van der Waals surface area contributed by atoms with Gasteiger partial charge in [-0.15, -0.1) is 10.2 Å². The Labute approximate surface area is 99.6 Å². The van der Waals surface area contributed by atoms with E-state index in [2.05, 4.69) is 20.1 Å². The van der Waals surface area contributed by atoms with Gasteiger partial charge in [0.1, 0.15) is 5.82 Å². The van der Waals surface area contributed by atoms with E-state index in [1.54, 1.807) is 11.8 Å². The first kappa shape index (κ1) is 11.9. The highest BCUT2D eigenvalue weighted by atomic mass is 32.2. The molecule has 6 heteroatoms. The van der Waals surface area contributed by atoms with Gasteiger partial charge in [-0.05, 0) is 19.4 Å². The smallest absolute Gasteiger partial charge is 0.191 e. The fraction of sp³-hybridized carbons (Fsp3) is 0.800. The standard InChI is InChI=1S/C10H18N4OS/c1-14-9(8-3-2-4-11-7-8)12-13-10(14)16-6-5-15/h8,11,15H,2-7H2,1H3/t8-/m0/s1. The zero-order valence-corrected chi connectivity index (χ0v) is 10.3. The number of aromatic nitrogens is 3. The summed E-state index contributed by atoms with van der Waals surface area (Å²) in [5, 5.41) is 21.5. The van der Waals surface area contributed by atoms with Crippen molar-refractivity contribution in [3.63, 3.8) is 0 Å². The van der Waals surface area contributed by atoms with Gasteiger partial charge in [0.05, 0.1) is 6.61 Å². The lowest BCUT2D eigenvalue weighted by Crippen LogP contribution is -2.29. The van der Waals surface area contributed by atoms with E-state index in [1.807, 2.05) is 7.05 Å². The molecule has 0 saturated carbocycles. The zero-order chi connectivity index (χ0) is 11.4. The van der Waals surface area contributed by atoms with Crippen molar-refractivity contribution in [1.82, 2.24) is 20.1 Å². The van der Waals surface area contributed by atoms with Crippen molar-refractivity contribution in [3.05, 3.63) is 5.82 Å². The summed E-state index contributed by atoms with van der Waals surface area (Å²) in [4.78, 5) is 0. The zero-order valence-electron chi connectivity index (χ0n) is 9.52. The van der Waals surface area contributed by atoms with Crippen molar-refractivity contribution in [3.8, 4) is 0 Å². The van der Waals surface area contributed by atoms with Crippen molar-refractivity contribution in [1.29, 1.82) is 0 Å². The maximum absolute atomic E-state index is 8.79. The van der Waals surface area contributed by atoms with Gasteiger partial charge in [-0.1, -0.05) is 11.8 Å². The minimum absolute atomic E-state index is 0.178. The molecule has 1 aromatic heterocycles. The molecule has 2 heterocycles. The van der Waals surface area contributed by atoms with Crippen LogP contribution in [0.4, 0.5) is 0 Å². The lowest BCUT2D eigenvalue weighted by Gasteiger charge is -2.21. The fourth-order valence-corrected chi connectivity index (χ4v) is 2.68. The van der Waals surface area contributed by atoms with Crippen molar-refractivity contribution < 1.29 is 5.11 Å². The molecule has 2 rings (SSSR count). The number of hydrogen-bond donors (Lipinski definition) is 2. The van der Waals surface area contributed by atoms with Crippen LogP contribution in [0.1, 0.15) is 24.6 Å². The van der Waals surface area contributed by atoms with Crippen LogP contribution in [-0.2, 0) is 7.05 Å². The lowest BCUT2D eigenvalue weighted by atomic mass is 9.99. The molecule has 0 aliphatic carbocycles. The number of nitrogens with zero attached hydrogens (tertiary/aromatic N) is 3. The normalized spacial score (nSPS) is 21.2. The van der Waals surface area contributed by atoms with E-state index in [1.165, 1.54) is 12.8 Å². The first-order chi connectivity index (χ1) is 7.83. The van der Waals surface area contributed by atoms with Crippen LogP contribution in [0.15, 0.2) is 5.16 Å². The molecular formula is C10H18N4OS. The van der Waals surface area contributed by atoms with Gasteiger partial charge in [-0.25, -0.2) is 0 Å². The van der Waals surface area contributed by atoms with Gasteiger partial charge >= 0.3 is 0 Å². The summed E-state index contributed by atoms with van der Waals surface area (Å²) in [7, 11) is 2.00. The largest absolute Gasteiger partial charge is 0.396 e. The van der Waals surface area contributed by atoms with Crippen LogP contribution in [0, 0.1) is 0 Å². The summed E-state index contributed by atoms with van der Waals surface area (Å²) in [5.74, 6) is 2.22. The molecule has 1 aliphatic rings. The summed E-state index contributed by atoms with van der Waals surface area (Å²) in [5.41, 5.74) is 0. The van der Waals surface area contributed by atoms with Gasteiger partial charge in [-0.3, -0.25) is 0 Å². The molecule has 0 radical (unpaired) electrons. The minimum atomic E-state index is 0.178. The molecule has 0 aromatic carbocycles. The molecule has 1 aromatic rings. The highest BCUT2D eigenvalue weighted by Gasteiger charge is 2.21. The third kappa shape index (κ3) is 2.56. The van der Waals surface area contributed by atoms with Crippen molar-refractivity contribution in [2.45, 2.75) is 23.9 Å². The van der Waals surface area contributed by atoms with Crippen LogP contribution in [0.3, 0.4) is 0 Å². The second kappa shape index (κ2) is 5.65. The van der Waals surface area contributed by atoms with Crippen molar-refractivity contribution >= 4 is 11.8 Å². The Balaban J connectivity index is 2.06. The Morgan fingerprint density at radius 3 is 3.12 bits per heavy atom. The number of nitrogens with one attached hydrogen (secondary N) is 1. The highest BCUT2D eigenvalue weighted by Crippen LogP contribution is 2.24. The minimum Gasteiger partial charge on any atom is -0.396 e. The molecule has 1 atom stereocenters. The topological polar surface area (TPSA) is 63.0 Å². The second-order valence-electron chi connectivity index (χ2n) is 4.02. The van der Waals surface area contributed by atoms with Crippen LogP contribution in [-0.4, -0.2) is 45.3 Å². The fourth-order valence-electron chi connectivity index (χ4n) is 2.02. The molecule has 2 N–H and O–H groups in total. The Hall–Kier alpha value is -0.590. The number of thioether (sulfide) groups is 1. The summed E-state index contributed by atoms with van der Waals surface area (Å²) in [6.07, 6.45) is 2.39. The molecule has 0 unspecified atom stereocenters. The van der Waals surface area contributed by atoms with E-state index in [-0.39, 0.29) is 6.61 Å². The summed E-state index contributed by atoms with van der Waals surface area (Å²) < 4.78 is 2.05. The lowest BCUT2D eigenvalue weighted by molar-refractivity contribution is 0.322. The number of aliphatic hydroxyl groups is 1. The monoisotopic (exact) mass is 242 g/mol. The summed E-state index contributed by atoms with van der Waals surface area (Å²) >= 11 is 1.55. The van der Waals surface area contributed by atoms with Gasteiger partial charge in [-0.2, -0.15) is 0 Å². The highest BCUT2D eigenvalue weighted by molar-refractivity contribution is 7.99. The first-order valence-electron chi connectivity index (χ1n) is 5.66. The maximum atomic E-state index is 8.79. The molecule has 0 amide bonds. The van der Waals surface area contributed by atoms with Gasteiger partial charge in [0.15, 0.2) is 5.16 Å². The molecule has 1 saturated heterocycles. The van der Waals surface area contributed by atoms with Gasteiger partial charge in [0.25, 0.3) is 0 Å². The molecule has 90 valence electrons. The SMILES string of the molecule is Cn1c(SCCO)nnc1[C@H]1CCCNC1. The molecule has 1 fully saturated rings. The van der Waals surface area contributed by atoms with Gasteiger partial charge in [0.2, 0.25) is 0 Å². The van der Waals surface area contributed by atoms with Crippen molar-refractivity contribution in [2.24, 2.45) is 7.05 Å². The van der Waals surface area contributed by atoms with Crippen LogP contribution >= 0.6 is 11.8 Å². The first-order valence-corrected chi connectivity index (χ1v) is 6.65. The Kier molecular flexibility index (Phi) is 4.20. The summed E-state index contributed by atoms with van der Waals surface area (Å²) in [6, 6.07) is 0. The average Bonchev–Trinajstić information content (AvgIpc) is 2.69. The number of hydrogen-bond acceptors (Lipinski definition) is 5. The summed E-state index contributed by atoms with van der Waals surface area (Å²) in [6.45, 7) is 2.29. The van der Waals surface area contributed by atoms with Crippen LogP contribution in [0.25, 0.3) is 0 Å². The number of piperidine rings is 1. The van der Waals surface area contributed by atoms with Gasteiger partial charge < -0.3 is 15.0 Å². The Morgan fingerprint density at radius 1 is 1.56 bits per heavy atom. The third-order valence-corrected chi connectivity index (χ3v) is 3.85. The van der Waals surface area contributed by atoms with Gasteiger partial charge in [0, 0.05) is 25.3 Å². The second-order valence-corrected chi connectivity index (χ2v) is 5.08. The van der Waals surface area contributed by atoms with Crippen molar-refractivity contribution in [2.75, 3.05) is 25.4 Å².